The quantitative estimate of drug-likeness (QED) is 0.512. The first-order chi connectivity index (χ1) is 12.3. The van der Waals surface area contributed by atoms with Crippen LogP contribution in [-0.4, -0.2) is 15.6 Å². The van der Waals surface area contributed by atoms with Crippen molar-refractivity contribution >= 4 is 44.4 Å². The van der Waals surface area contributed by atoms with Crippen molar-refractivity contribution in [3.8, 4) is 0 Å². The first-order valence-corrected chi connectivity index (χ1v) is 9.75. The summed E-state index contributed by atoms with van der Waals surface area (Å²) in [5.74, 6) is -0.691. The van der Waals surface area contributed by atoms with Crippen LogP contribution in [-0.2, 0) is 17.8 Å². The molecule has 1 heterocycles. The van der Waals surface area contributed by atoms with E-state index in [-0.39, 0.29) is 12.3 Å². The largest absolute Gasteiger partial charge is 0.481 e. The predicted molar refractivity (Wildman–Crippen MR) is 110 cm³/mol. The second-order valence-electron chi connectivity index (χ2n) is 6.85. The van der Waals surface area contributed by atoms with Crippen LogP contribution in [0.2, 0.25) is 5.02 Å². The Hall–Kier alpha value is -1.78. The van der Waals surface area contributed by atoms with Crippen molar-refractivity contribution in [2.45, 2.75) is 33.2 Å². The number of benzene rings is 2. The van der Waals surface area contributed by atoms with Gasteiger partial charge in [0.25, 0.3) is 0 Å². The molecule has 0 bridgehead atoms. The van der Waals surface area contributed by atoms with E-state index in [4.69, 9.17) is 16.7 Å². The van der Waals surface area contributed by atoms with E-state index < -0.39 is 5.97 Å². The van der Waals surface area contributed by atoms with E-state index >= 15 is 0 Å². The summed E-state index contributed by atoms with van der Waals surface area (Å²) >= 11 is 9.72. The smallest absolute Gasteiger partial charge is 0.303 e. The number of halogens is 2. The predicted octanol–water partition coefficient (Wildman–Crippen LogP) is 6.07. The van der Waals surface area contributed by atoms with Gasteiger partial charge in [0.05, 0.1) is 0 Å². The highest BCUT2D eigenvalue weighted by Crippen LogP contribution is 2.31. The first-order valence-electron chi connectivity index (χ1n) is 8.58. The van der Waals surface area contributed by atoms with Crippen molar-refractivity contribution in [2.24, 2.45) is 5.92 Å². The average Bonchev–Trinajstić information content (AvgIpc) is 2.81. The number of nitrogens with zero attached hydrogens (tertiary/aromatic N) is 1. The number of carboxylic acid groups (broad SMARTS) is 1. The van der Waals surface area contributed by atoms with Gasteiger partial charge in [0.15, 0.2) is 0 Å². The number of hydrogen-bond acceptors (Lipinski definition) is 1. The van der Waals surface area contributed by atoms with E-state index in [0.717, 1.165) is 28.3 Å². The Kier molecular flexibility index (Phi) is 5.73. The molecule has 0 saturated carbocycles. The van der Waals surface area contributed by atoms with Gasteiger partial charge < -0.3 is 9.67 Å². The van der Waals surface area contributed by atoms with E-state index in [2.05, 4.69) is 45.6 Å². The molecule has 0 aliphatic heterocycles. The van der Waals surface area contributed by atoms with E-state index in [9.17, 15) is 4.79 Å². The fourth-order valence-corrected chi connectivity index (χ4v) is 3.91. The van der Waals surface area contributed by atoms with Gasteiger partial charge in [-0.15, -0.1) is 0 Å². The molecule has 0 amide bonds. The highest BCUT2D eigenvalue weighted by atomic mass is 79.9. The Balaban J connectivity index is 2.04. The lowest BCUT2D eigenvalue weighted by molar-refractivity contribution is -0.137. The van der Waals surface area contributed by atoms with Crippen LogP contribution < -0.4 is 0 Å². The molecule has 1 N–H and O–H groups in total. The molecule has 3 rings (SSSR count). The van der Waals surface area contributed by atoms with Gasteiger partial charge in [-0.1, -0.05) is 46.6 Å². The van der Waals surface area contributed by atoms with Crippen LogP contribution in [0.25, 0.3) is 10.9 Å². The second kappa shape index (κ2) is 7.85. The van der Waals surface area contributed by atoms with Crippen LogP contribution in [0.5, 0.6) is 0 Å². The molecule has 1 aromatic heterocycles. The summed E-state index contributed by atoms with van der Waals surface area (Å²) in [6.45, 7) is 4.86. The van der Waals surface area contributed by atoms with Crippen LogP contribution in [0.1, 0.15) is 30.2 Å². The molecule has 0 aliphatic carbocycles. The topological polar surface area (TPSA) is 42.2 Å². The highest BCUT2D eigenvalue weighted by Gasteiger charge is 2.18. The number of fused-ring (bicyclic) bond motifs is 1. The van der Waals surface area contributed by atoms with Crippen LogP contribution >= 0.6 is 27.5 Å². The molecular formula is C21H21BrClNO2. The van der Waals surface area contributed by atoms with Gasteiger partial charge in [0, 0.05) is 39.1 Å². The minimum absolute atomic E-state index is 0.0666. The Morgan fingerprint density at radius 2 is 1.92 bits per heavy atom. The molecule has 0 spiro atoms. The third kappa shape index (κ3) is 4.13. The van der Waals surface area contributed by atoms with Crippen LogP contribution in [0.3, 0.4) is 0 Å². The van der Waals surface area contributed by atoms with Crippen LogP contribution in [0.4, 0.5) is 0 Å². The van der Waals surface area contributed by atoms with Crippen LogP contribution in [0, 0.1) is 12.8 Å². The molecule has 3 nitrogen and oxygen atoms in total. The summed E-state index contributed by atoms with van der Waals surface area (Å²) in [5, 5.41) is 10.9. The summed E-state index contributed by atoms with van der Waals surface area (Å²) in [7, 11) is 0. The fourth-order valence-electron chi connectivity index (χ4n) is 3.48. The molecule has 0 radical (unpaired) electrons. The molecule has 1 atom stereocenters. The number of aliphatic carboxylic acids is 1. The summed E-state index contributed by atoms with van der Waals surface area (Å²) in [6.07, 6.45) is 0.891. The third-order valence-corrected chi connectivity index (χ3v) is 5.51. The number of carboxylic acids is 1. The zero-order valence-corrected chi connectivity index (χ0v) is 17.1. The molecule has 3 aromatic rings. The highest BCUT2D eigenvalue weighted by molar-refractivity contribution is 9.10. The van der Waals surface area contributed by atoms with Crippen molar-refractivity contribution in [1.29, 1.82) is 0 Å². The zero-order valence-electron chi connectivity index (χ0n) is 14.8. The minimum atomic E-state index is -0.758. The first kappa shape index (κ1) is 19.0. The second-order valence-corrected chi connectivity index (χ2v) is 8.20. The van der Waals surface area contributed by atoms with Gasteiger partial charge in [-0.25, -0.2) is 0 Å². The maximum absolute atomic E-state index is 11.0. The van der Waals surface area contributed by atoms with Crippen molar-refractivity contribution in [2.75, 3.05) is 0 Å². The maximum Gasteiger partial charge on any atom is 0.303 e. The van der Waals surface area contributed by atoms with Gasteiger partial charge in [0.2, 0.25) is 0 Å². The van der Waals surface area contributed by atoms with E-state index in [0.29, 0.717) is 5.02 Å². The number of carbonyl (C=O) groups is 1. The van der Waals surface area contributed by atoms with E-state index in [1.807, 2.05) is 31.2 Å². The SMILES string of the molecule is Cc1c(CC(C)CC(=O)O)c2cc(Cl)ccc2n1Cc1ccc(Br)cc1. The molecule has 0 aliphatic rings. The Morgan fingerprint density at radius 1 is 1.23 bits per heavy atom. The number of hydrogen-bond donors (Lipinski definition) is 1. The molecule has 2 aromatic carbocycles. The molecule has 0 saturated heterocycles. The van der Waals surface area contributed by atoms with Crippen LogP contribution in [0.15, 0.2) is 46.9 Å². The lowest BCUT2D eigenvalue weighted by Crippen LogP contribution is -2.08. The lowest BCUT2D eigenvalue weighted by Gasteiger charge is -2.11. The molecule has 5 heteroatoms. The lowest BCUT2D eigenvalue weighted by atomic mass is 9.96. The van der Waals surface area contributed by atoms with Gasteiger partial charge >= 0.3 is 5.97 Å². The van der Waals surface area contributed by atoms with Crippen molar-refractivity contribution in [1.82, 2.24) is 4.57 Å². The fraction of sp³-hybridized carbons (Fsp3) is 0.286. The van der Waals surface area contributed by atoms with Crippen molar-refractivity contribution in [3.05, 3.63) is 68.8 Å². The molecule has 1 unspecified atom stereocenters. The normalized spacial score (nSPS) is 12.5. The molecule has 26 heavy (non-hydrogen) atoms. The third-order valence-electron chi connectivity index (χ3n) is 4.75. The minimum Gasteiger partial charge on any atom is -0.481 e. The number of aromatic nitrogens is 1. The zero-order chi connectivity index (χ0) is 18.8. The summed E-state index contributed by atoms with van der Waals surface area (Å²) < 4.78 is 3.35. The van der Waals surface area contributed by atoms with E-state index in [1.54, 1.807) is 0 Å². The molecule has 0 fully saturated rings. The standard InChI is InChI=1S/C21H21BrClNO2/c1-13(10-21(25)26)9-18-14(2)24(12-15-3-5-16(22)6-4-15)20-8-7-17(23)11-19(18)20/h3-8,11,13H,9-10,12H2,1-2H3,(H,25,26). The summed E-state index contributed by atoms with van der Waals surface area (Å²) in [4.78, 5) is 11.0. The van der Waals surface area contributed by atoms with Gasteiger partial charge in [-0.2, -0.15) is 0 Å². The van der Waals surface area contributed by atoms with E-state index in [1.165, 1.54) is 16.8 Å². The van der Waals surface area contributed by atoms with Gasteiger partial charge in [0.1, 0.15) is 0 Å². The Labute approximate surface area is 166 Å². The van der Waals surface area contributed by atoms with Gasteiger partial charge in [-0.05, 0) is 60.7 Å². The maximum atomic E-state index is 11.0. The summed E-state index contributed by atoms with van der Waals surface area (Å²) in [6, 6.07) is 14.3. The van der Waals surface area contributed by atoms with Crippen molar-refractivity contribution in [3.63, 3.8) is 0 Å². The van der Waals surface area contributed by atoms with Gasteiger partial charge in [-0.3, -0.25) is 4.79 Å². The monoisotopic (exact) mass is 433 g/mol. The molecule has 136 valence electrons. The Morgan fingerprint density at radius 3 is 2.58 bits per heavy atom. The molecular weight excluding hydrogens is 414 g/mol. The Bertz CT molecular complexity index is 947. The van der Waals surface area contributed by atoms with Crippen molar-refractivity contribution < 1.29 is 9.90 Å². The average molecular weight is 435 g/mol. The summed E-state index contributed by atoms with van der Waals surface area (Å²) in [5.41, 5.74) is 4.71. The number of rotatable bonds is 6.